The second-order valence-electron chi connectivity index (χ2n) is 25.6. The Morgan fingerprint density at radius 2 is 0.529 bits per heavy atom. The molecule has 0 radical (unpaired) electrons. The van der Waals surface area contributed by atoms with Crippen LogP contribution in [0, 0.1) is 0 Å². The van der Waals surface area contributed by atoms with E-state index in [2.05, 4.69) is 232 Å². The van der Waals surface area contributed by atoms with Crippen molar-refractivity contribution in [1.29, 1.82) is 0 Å². The van der Waals surface area contributed by atoms with Gasteiger partial charge in [0.05, 0.1) is 60.6 Å². The molecular formula is C93H57N3O6. The molecule has 0 fully saturated rings. The third-order valence-corrected chi connectivity index (χ3v) is 19.9. The van der Waals surface area contributed by atoms with Gasteiger partial charge in [-0.25, -0.2) is 14.4 Å². The SMILES string of the molecule is O=c1oc2cccc(-n3c4ccccc4c4cc(-c5ccccc5)ccc43)c2c2ccccc12.O=c1oc2ccccc2c2c(-n3c4ccccc4c4cc(-c5ccccc5)ccc43)cccc12.O=c1oc2ccccc2c2cc(-n3c4ccccc4c4cc(-c5ccccc5)ccc43)ccc12. The van der Waals surface area contributed by atoms with Gasteiger partial charge in [0.1, 0.15) is 16.7 Å². The fourth-order valence-electron chi connectivity index (χ4n) is 15.3. The lowest BCUT2D eigenvalue weighted by molar-refractivity contribution is 0.569. The van der Waals surface area contributed by atoms with E-state index < -0.39 is 0 Å². The third kappa shape index (κ3) is 9.81. The zero-order chi connectivity index (χ0) is 67.9. The van der Waals surface area contributed by atoms with Gasteiger partial charge in [0.2, 0.25) is 0 Å². The number of aromatic nitrogens is 3. The Bertz CT molecular complexity index is 7130. The van der Waals surface area contributed by atoms with E-state index in [-0.39, 0.29) is 16.9 Å². The van der Waals surface area contributed by atoms with Gasteiger partial charge in [0.15, 0.2) is 0 Å². The van der Waals surface area contributed by atoms with Gasteiger partial charge in [-0.15, -0.1) is 0 Å². The predicted molar refractivity (Wildman–Crippen MR) is 419 cm³/mol. The van der Waals surface area contributed by atoms with Crippen molar-refractivity contribution in [1.82, 2.24) is 13.7 Å². The van der Waals surface area contributed by atoms with E-state index in [0.717, 1.165) is 82.5 Å². The van der Waals surface area contributed by atoms with Crippen LogP contribution in [0.5, 0.6) is 0 Å². The molecule has 480 valence electrons. The number of rotatable bonds is 6. The Hall–Kier alpha value is -13.9. The second kappa shape index (κ2) is 24.3. The number of nitrogens with zero attached hydrogens (tertiary/aromatic N) is 3. The molecule has 6 aromatic heterocycles. The number of benzene rings is 15. The maximum atomic E-state index is 12.9. The number of hydrogen-bond acceptors (Lipinski definition) is 6. The van der Waals surface area contributed by atoms with Crippen molar-refractivity contribution in [3.05, 3.63) is 377 Å². The quantitative estimate of drug-likeness (QED) is 0.121. The van der Waals surface area contributed by atoms with Crippen molar-refractivity contribution in [3.63, 3.8) is 0 Å². The topological polar surface area (TPSA) is 105 Å². The summed E-state index contributed by atoms with van der Waals surface area (Å²) in [5.41, 5.74) is 17.7. The van der Waals surface area contributed by atoms with Crippen LogP contribution in [0.4, 0.5) is 0 Å². The summed E-state index contributed by atoms with van der Waals surface area (Å²) in [5, 5.41) is 14.4. The molecule has 0 saturated heterocycles. The molecule has 0 saturated carbocycles. The first-order valence-corrected chi connectivity index (χ1v) is 34.0. The zero-order valence-electron chi connectivity index (χ0n) is 54.7. The van der Waals surface area contributed by atoms with Gasteiger partial charge in [0, 0.05) is 70.3 Å². The summed E-state index contributed by atoms with van der Waals surface area (Å²) in [5.74, 6) is 0. The summed E-state index contributed by atoms with van der Waals surface area (Å²) in [6, 6.07) is 118. The van der Waals surface area contributed by atoms with Crippen LogP contribution in [-0.2, 0) is 0 Å². The molecule has 102 heavy (non-hydrogen) atoms. The van der Waals surface area contributed by atoms with Gasteiger partial charge in [-0.3, -0.25) is 0 Å². The van der Waals surface area contributed by atoms with E-state index in [1.807, 2.05) is 127 Å². The highest BCUT2D eigenvalue weighted by Gasteiger charge is 2.22. The minimum absolute atomic E-state index is 0.310. The Labute approximate surface area is 581 Å². The standard InChI is InChI=1S/3C31H19NO2/c33-31-24-13-8-15-28(30(24)23-12-5-7-16-29(23)34-31)32-26-14-6-4-11-22(26)25-19-21(17-18-27(25)32)20-9-2-1-3-10-20;33-31-25-16-15-22(19-26(25)24-11-5-7-13-30(24)34-31)32-28-12-6-4-10-23(28)27-18-21(14-17-29(27)32)20-8-2-1-3-9-20;33-31-24-13-5-4-12-23(24)30-28(15-8-16-29(30)34-31)32-26-14-7-6-11-22(26)25-19-21(17-18-27(25)32)20-9-2-1-3-10-20/h3*1-19H. The van der Waals surface area contributed by atoms with Crippen molar-refractivity contribution in [2.24, 2.45) is 0 Å². The molecule has 0 spiro atoms. The van der Waals surface area contributed by atoms with Crippen LogP contribution in [-0.4, -0.2) is 13.7 Å². The molecule has 21 rings (SSSR count). The molecule has 0 aliphatic carbocycles. The van der Waals surface area contributed by atoms with Gasteiger partial charge < -0.3 is 27.0 Å². The number of para-hydroxylation sites is 5. The lowest BCUT2D eigenvalue weighted by atomic mass is 10.0. The summed E-state index contributed by atoms with van der Waals surface area (Å²) >= 11 is 0. The maximum absolute atomic E-state index is 12.9. The van der Waals surface area contributed by atoms with Crippen LogP contribution in [0.1, 0.15) is 0 Å². The van der Waals surface area contributed by atoms with Crippen LogP contribution < -0.4 is 16.9 Å². The van der Waals surface area contributed by atoms with E-state index in [0.29, 0.717) is 32.9 Å². The first-order chi connectivity index (χ1) is 50.4. The van der Waals surface area contributed by atoms with Crippen LogP contribution >= 0.6 is 0 Å². The Balaban J connectivity index is 0.000000106. The predicted octanol–water partition coefficient (Wildman–Crippen LogP) is 23.1. The van der Waals surface area contributed by atoms with Crippen molar-refractivity contribution in [2.75, 3.05) is 0 Å². The van der Waals surface area contributed by atoms with E-state index in [4.69, 9.17) is 13.3 Å². The van der Waals surface area contributed by atoms with E-state index in [1.54, 1.807) is 0 Å². The average Bonchev–Trinajstić information content (AvgIpc) is 1.51. The van der Waals surface area contributed by atoms with Crippen molar-refractivity contribution >= 4 is 131 Å². The molecule has 0 N–H and O–H groups in total. The van der Waals surface area contributed by atoms with Crippen LogP contribution in [0.3, 0.4) is 0 Å². The first-order valence-electron chi connectivity index (χ1n) is 34.0. The molecule has 0 bridgehead atoms. The van der Waals surface area contributed by atoms with E-state index in [1.165, 1.54) is 65.7 Å². The summed E-state index contributed by atoms with van der Waals surface area (Å²) < 4.78 is 23.7. The minimum Gasteiger partial charge on any atom is -0.422 e. The Morgan fingerprint density at radius 3 is 1.05 bits per heavy atom. The Kier molecular flexibility index (Phi) is 14.1. The molecule has 0 amide bonds. The molecule has 6 heterocycles. The smallest absolute Gasteiger partial charge is 0.344 e. The zero-order valence-corrected chi connectivity index (χ0v) is 54.7. The summed E-state index contributed by atoms with van der Waals surface area (Å²) in [6.45, 7) is 0. The van der Waals surface area contributed by atoms with Crippen molar-refractivity contribution < 1.29 is 13.3 Å². The molecular weight excluding hydrogens is 1260 g/mol. The largest absolute Gasteiger partial charge is 0.422 e. The number of hydrogen-bond donors (Lipinski definition) is 0. The van der Waals surface area contributed by atoms with Gasteiger partial charge >= 0.3 is 16.9 Å². The monoisotopic (exact) mass is 1310 g/mol. The van der Waals surface area contributed by atoms with Gasteiger partial charge in [-0.2, -0.15) is 0 Å². The summed E-state index contributed by atoms with van der Waals surface area (Å²) in [4.78, 5) is 38.1. The lowest BCUT2D eigenvalue weighted by Crippen LogP contribution is -2.03. The highest BCUT2D eigenvalue weighted by atomic mass is 16.4. The van der Waals surface area contributed by atoms with Crippen LogP contribution in [0.25, 0.3) is 181 Å². The average molecular weight is 1310 g/mol. The van der Waals surface area contributed by atoms with E-state index in [9.17, 15) is 14.4 Å². The molecule has 9 nitrogen and oxygen atoms in total. The Morgan fingerprint density at radius 1 is 0.186 bits per heavy atom. The highest BCUT2D eigenvalue weighted by molar-refractivity contribution is 6.17. The van der Waals surface area contributed by atoms with Gasteiger partial charge in [-0.1, -0.05) is 231 Å². The summed E-state index contributed by atoms with van der Waals surface area (Å²) in [6.07, 6.45) is 0. The molecule has 0 aliphatic rings. The fourth-order valence-corrected chi connectivity index (χ4v) is 15.3. The lowest BCUT2D eigenvalue weighted by Gasteiger charge is -2.13. The highest BCUT2D eigenvalue weighted by Crippen LogP contribution is 2.42. The van der Waals surface area contributed by atoms with Crippen LogP contribution in [0.2, 0.25) is 0 Å². The van der Waals surface area contributed by atoms with Crippen molar-refractivity contribution in [2.45, 2.75) is 0 Å². The molecule has 0 aliphatic heterocycles. The van der Waals surface area contributed by atoms with E-state index >= 15 is 0 Å². The van der Waals surface area contributed by atoms with Crippen molar-refractivity contribution in [3.8, 4) is 50.4 Å². The molecule has 15 aromatic carbocycles. The fraction of sp³-hybridized carbons (Fsp3) is 0. The van der Waals surface area contributed by atoms with Crippen LogP contribution in [0.15, 0.2) is 373 Å². The van der Waals surface area contributed by atoms with Gasteiger partial charge in [0.25, 0.3) is 0 Å². The molecule has 0 unspecified atom stereocenters. The second-order valence-corrected chi connectivity index (χ2v) is 25.6. The maximum Gasteiger partial charge on any atom is 0.344 e. The number of fused-ring (bicyclic) bond motifs is 18. The minimum atomic E-state index is -0.317. The normalized spacial score (nSPS) is 11.6. The third-order valence-electron chi connectivity index (χ3n) is 19.9. The molecule has 21 aromatic rings. The van der Waals surface area contributed by atoms with Gasteiger partial charge in [-0.05, 0) is 149 Å². The molecule has 0 atom stereocenters. The first kappa shape index (κ1) is 59.4. The summed E-state index contributed by atoms with van der Waals surface area (Å²) in [7, 11) is 0. The molecule has 9 heteroatoms.